The number of hydrogen-bond donors (Lipinski definition) is 1. The molecule has 1 aromatic rings. The van der Waals surface area contributed by atoms with Gasteiger partial charge in [-0.05, 0) is 37.1 Å². The van der Waals surface area contributed by atoms with Crippen LogP contribution in [0.3, 0.4) is 0 Å². The van der Waals surface area contributed by atoms with E-state index in [0.29, 0.717) is 25.9 Å². The SMILES string of the molecule is O=C(CCCCO)N1CCN(c2ccc(F)cc2)CC1. The third kappa shape index (κ3) is 3.93. The molecule has 1 saturated heterocycles. The van der Waals surface area contributed by atoms with Gasteiger partial charge in [0.1, 0.15) is 5.82 Å². The first-order valence-corrected chi connectivity index (χ1v) is 7.10. The average molecular weight is 280 g/mol. The molecule has 0 aromatic heterocycles. The molecule has 2 rings (SSSR count). The molecule has 0 spiro atoms. The van der Waals surface area contributed by atoms with E-state index in [0.717, 1.165) is 25.2 Å². The third-order valence-electron chi connectivity index (χ3n) is 3.62. The van der Waals surface area contributed by atoms with Gasteiger partial charge in [0.2, 0.25) is 5.91 Å². The van der Waals surface area contributed by atoms with Crippen LogP contribution in [-0.4, -0.2) is 48.7 Å². The number of unbranched alkanes of at least 4 members (excludes halogenated alkanes) is 1. The fourth-order valence-electron chi connectivity index (χ4n) is 2.41. The van der Waals surface area contributed by atoms with Gasteiger partial charge in [0, 0.05) is 44.9 Å². The Kier molecular flexibility index (Phi) is 5.35. The first-order chi connectivity index (χ1) is 9.70. The van der Waals surface area contributed by atoms with E-state index in [2.05, 4.69) is 4.90 Å². The van der Waals surface area contributed by atoms with Gasteiger partial charge < -0.3 is 14.9 Å². The standard InChI is InChI=1S/C15H21FN2O2/c16-13-4-6-14(7-5-13)17-8-10-18(11-9-17)15(20)3-1-2-12-19/h4-7,19H,1-3,8-12H2. The van der Waals surface area contributed by atoms with Gasteiger partial charge in [0.05, 0.1) is 0 Å². The van der Waals surface area contributed by atoms with Crippen molar-refractivity contribution >= 4 is 11.6 Å². The van der Waals surface area contributed by atoms with Crippen molar-refractivity contribution in [1.29, 1.82) is 0 Å². The van der Waals surface area contributed by atoms with Crippen molar-refractivity contribution in [3.8, 4) is 0 Å². The molecule has 0 bridgehead atoms. The molecule has 0 atom stereocenters. The molecule has 1 N–H and O–H groups in total. The van der Waals surface area contributed by atoms with Crippen LogP contribution in [0.2, 0.25) is 0 Å². The quantitative estimate of drug-likeness (QED) is 0.834. The van der Waals surface area contributed by atoms with Crippen molar-refractivity contribution in [2.75, 3.05) is 37.7 Å². The fraction of sp³-hybridized carbons (Fsp3) is 0.533. The Balaban J connectivity index is 1.80. The minimum atomic E-state index is -0.230. The van der Waals surface area contributed by atoms with E-state index < -0.39 is 0 Å². The monoisotopic (exact) mass is 280 g/mol. The van der Waals surface area contributed by atoms with E-state index >= 15 is 0 Å². The van der Waals surface area contributed by atoms with Crippen molar-refractivity contribution in [2.45, 2.75) is 19.3 Å². The van der Waals surface area contributed by atoms with Gasteiger partial charge in [-0.2, -0.15) is 0 Å². The Morgan fingerprint density at radius 1 is 1.10 bits per heavy atom. The number of halogens is 1. The number of amides is 1. The molecule has 0 saturated carbocycles. The number of aliphatic hydroxyl groups excluding tert-OH is 1. The minimum absolute atomic E-state index is 0.144. The molecule has 1 aromatic carbocycles. The first-order valence-electron chi connectivity index (χ1n) is 7.10. The highest BCUT2D eigenvalue weighted by atomic mass is 19.1. The molecular formula is C15H21FN2O2. The van der Waals surface area contributed by atoms with E-state index in [9.17, 15) is 9.18 Å². The number of hydrogen-bond acceptors (Lipinski definition) is 3. The number of anilines is 1. The highest BCUT2D eigenvalue weighted by Gasteiger charge is 2.20. The maximum Gasteiger partial charge on any atom is 0.222 e. The molecular weight excluding hydrogens is 259 g/mol. The zero-order chi connectivity index (χ0) is 14.4. The summed E-state index contributed by atoms with van der Waals surface area (Å²) in [5, 5.41) is 8.71. The summed E-state index contributed by atoms with van der Waals surface area (Å²) in [6.07, 6.45) is 1.94. The topological polar surface area (TPSA) is 43.8 Å². The van der Waals surface area contributed by atoms with E-state index in [1.165, 1.54) is 12.1 Å². The van der Waals surface area contributed by atoms with Crippen LogP contribution in [-0.2, 0) is 4.79 Å². The molecule has 1 aliphatic rings. The number of carbonyl (C=O) groups excluding carboxylic acids is 1. The Morgan fingerprint density at radius 2 is 1.75 bits per heavy atom. The molecule has 1 aliphatic heterocycles. The van der Waals surface area contributed by atoms with Crippen LogP contribution in [0.1, 0.15) is 19.3 Å². The summed E-state index contributed by atoms with van der Waals surface area (Å²) < 4.78 is 12.9. The van der Waals surface area contributed by atoms with Crippen LogP contribution in [0.5, 0.6) is 0 Å². The fourth-order valence-corrected chi connectivity index (χ4v) is 2.41. The normalized spacial score (nSPS) is 15.5. The van der Waals surface area contributed by atoms with Gasteiger partial charge in [0.25, 0.3) is 0 Å². The number of nitrogens with zero attached hydrogens (tertiary/aromatic N) is 2. The zero-order valence-corrected chi connectivity index (χ0v) is 11.6. The second-order valence-corrected chi connectivity index (χ2v) is 5.02. The second-order valence-electron chi connectivity index (χ2n) is 5.02. The maximum absolute atomic E-state index is 12.9. The van der Waals surface area contributed by atoms with E-state index in [4.69, 9.17) is 5.11 Å². The number of benzene rings is 1. The molecule has 20 heavy (non-hydrogen) atoms. The van der Waals surface area contributed by atoms with Gasteiger partial charge in [-0.1, -0.05) is 0 Å². The molecule has 4 nitrogen and oxygen atoms in total. The lowest BCUT2D eigenvalue weighted by molar-refractivity contribution is -0.131. The summed E-state index contributed by atoms with van der Waals surface area (Å²) in [7, 11) is 0. The molecule has 0 radical (unpaired) electrons. The van der Waals surface area contributed by atoms with Crippen LogP contribution in [0, 0.1) is 5.82 Å². The van der Waals surface area contributed by atoms with Crippen molar-refractivity contribution in [3.63, 3.8) is 0 Å². The van der Waals surface area contributed by atoms with E-state index in [1.807, 2.05) is 4.90 Å². The molecule has 0 aliphatic carbocycles. The van der Waals surface area contributed by atoms with Crippen LogP contribution < -0.4 is 4.90 Å². The Morgan fingerprint density at radius 3 is 2.35 bits per heavy atom. The van der Waals surface area contributed by atoms with Crippen molar-refractivity contribution < 1.29 is 14.3 Å². The number of aliphatic hydroxyl groups is 1. The van der Waals surface area contributed by atoms with Crippen LogP contribution in [0.25, 0.3) is 0 Å². The summed E-state index contributed by atoms with van der Waals surface area (Å²) in [6.45, 7) is 3.10. The van der Waals surface area contributed by atoms with Crippen LogP contribution in [0.15, 0.2) is 24.3 Å². The molecule has 1 fully saturated rings. The first kappa shape index (κ1) is 14.8. The van der Waals surface area contributed by atoms with E-state index in [-0.39, 0.29) is 18.3 Å². The van der Waals surface area contributed by atoms with Gasteiger partial charge in [-0.3, -0.25) is 4.79 Å². The smallest absolute Gasteiger partial charge is 0.222 e. The van der Waals surface area contributed by atoms with Gasteiger partial charge >= 0.3 is 0 Å². The second kappa shape index (κ2) is 7.24. The lowest BCUT2D eigenvalue weighted by Gasteiger charge is -2.36. The molecule has 1 heterocycles. The van der Waals surface area contributed by atoms with Crippen molar-refractivity contribution in [2.24, 2.45) is 0 Å². The Hall–Kier alpha value is -1.62. The summed E-state index contributed by atoms with van der Waals surface area (Å²) in [5.74, 6) is -0.0661. The maximum atomic E-state index is 12.9. The van der Waals surface area contributed by atoms with Crippen molar-refractivity contribution in [3.05, 3.63) is 30.1 Å². The third-order valence-corrected chi connectivity index (χ3v) is 3.62. The zero-order valence-electron chi connectivity index (χ0n) is 11.6. The van der Waals surface area contributed by atoms with Crippen LogP contribution in [0.4, 0.5) is 10.1 Å². The van der Waals surface area contributed by atoms with Gasteiger partial charge in [-0.25, -0.2) is 4.39 Å². The number of piperazine rings is 1. The average Bonchev–Trinajstić information content (AvgIpc) is 2.48. The summed E-state index contributed by atoms with van der Waals surface area (Å²) in [6, 6.07) is 6.46. The highest BCUT2D eigenvalue weighted by Crippen LogP contribution is 2.17. The summed E-state index contributed by atoms with van der Waals surface area (Å²) in [4.78, 5) is 16.0. The minimum Gasteiger partial charge on any atom is -0.396 e. The van der Waals surface area contributed by atoms with Crippen LogP contribution >= 0.6 is 0 Å². The predicted molar refractivity (Wildman–Crippen MR) is 76.1 cm³/mol. The summed E-state index contributed by atoms with van der Waals surface area (Å²) >= 11 is 0. The molecule has 1 amide bonds. The Labute approximate surface area is 118 Å². The molecule has 0 unspecified atom stereocenters. The van der Waals surface area contributed by atoms with Gasteiger partial charge in [-0.15, -0.1) is 0 Å². The van der Waals surface area contributed by atoms with Crippen molar-refractivity contribution in [1.82, 2.24) is 4.90 Å². The van der Waals surface area contributed by atoms with Gasteiger partial charge in [0.15, 0.2) is 0 Å². The lowest BCUT2D eigenvalue weighted by atomic mass is 10.2. The molecule has 5 heteroatoms. The predicted octanol–water partition coefficient (Wildman–Crippen LogP) is 1.64. The number of carbonyl (C=O) groups is 1. The lowest BCUT2D eigenvalue weighted by Crippen LogP contribution is -2.48. The van der Waals surface area contributed by atoms with E-state index in [1.54, 1.807) is 12.1 Å². The summed E-state index contributed by atoms with van der Waals surface area (Å²) in [5.41, 5.74) is 0.999. The number of rotatable bonds is 5. The Bertz CT molecular complexity index is 428. The highest BCUT2D eigenvalue weighted by molar-refractivity contribution is 5.76. The molecule has 110 valence electrons. The largest absolute Gasteiger partial charge is 0.396 e.